The van der Waals surface area contributed by atoms with Gasteiger partial charge in [0.15, 0.2) is 5.96 Å². The molecule has 1 heterocycles. The third-order valence-corrected chi connectivity index (χ3v) is 2.85. The van der Waals surface area contributed by atoms with E-state index in [0.29, 0.717) is 11.9 Å². The Labute approximate surface area is 116 Å². The molecule has 0 bridgehead atoms. The molecule has 2 unspecified atom stereocenters. The molecule has 2 atom stereocenters. The minimum Gasteiger partial charge on any atom is -0.370 e. The first-order valence-electron chi connectivity index (χ1n) is 5.71. The number of hydrogen-bond acceptors (Lipinski definition) is 1. The number of piperidine rings is 1. The summed E-state index contributed by atoms with van der Waals surface area (Å²) < 4.78 is 0. The molecular formula is C12H22IN3. The van der Waals surface area contributed by atoms with E-state index in [-0.39, 0.29) is 30.0 Å². The summed E-state index contributed by atoms with van der Waals surface area (Å²) >= 11 is 0. The van der Waals surface area contributed by atoms with E-state index in [1.807, 2.05) is 6.92 Å². The maximum atomic E-state index is 5.94. The molecule has 0 aromatic carbocycles. The average molecular weight is 335 g/mol. The van der Waals surface area contributed by atoms with E-state index in [2.05, 4.69) is 22.7 Å². The Hall–Kier alpha value is -0.440. The van der Waals surface area contributed by atoms with Gasteiger partial charge in [-0.25, -0.2) is 4.99 Å². The van der Waals surface area contributed by atoms with Gasteiger partial charge in [0.1, 0.15) is 6.04 Å². The summed E-state index contributed by atoms with van der Waals surface area (Å²) in [6.07, 6.45) is 8.69. The van der Waals surface area contributed by atoms with E-state index >= 15 is 0 Å². The summed E-state index contributed by atoms with van der Waals surface area (Å²) in [5.41, 5.74) is 5.94. The fourth-order valence-electron chi connectivity index (χ4n) is 1.89. The predicted octanol–water partition coefficient (Wildman–Crippen LogP) is 2.06. The number of likely N-dealkylation sites (tertiary alicyclic amines) is 1. The van der Waals surface area contributed by atoms with Gasteiger partial charge in [-0.3, -0.25) is 0 Å². The highest BCUT2D eigenvalue weighted by atomic mass is 127. The lowest BCUT2D eigenvalue weighted by Crippen LogP contribution is -2.44. The number of guanidine groups is 1. The molecule has 1 rings (SSSR count). The molecule has 0 spiro atoms. The minimum atomic E-state index is -0.0674. The van der Waals surface area contributed by atoms with Crippen molar-refractivity contribution in [1.82, 2.24) is 4.90 Å². The lowest BCUT2D eigenvalue weighted by atomic mass is 10.0. The SMILES string of the molecule is C#CC(CC)N=C(N)N1CCCC(C)C1.I. The molecule has 92 valence electrons. The van der Waals surface area contributed by atoms with Crippen LogP contribution >= 0.6 is 24.0 Å². The highest BCUT2D eigenvalue weighted by molar-refractivity contribution is 14.0. The molecule has 0 aromatic rings. The van der Waals surface area contributed by atoms with Crippen LogP contribution < -0.4 is 5.73 Å². The molecule has 1 aliphatic heterocycles. The zero-order valence-corrected chi connectivity index (χ0v) is 12.5. The van der Waals surface area contributed by atoms with E-state index in [4.69, 9.17) is 12.2 Å². The Kier molecular flexibility index (Phi) is 7.56. The summed E-state index contributed by atoms with van der Waals surface area (Å²) in [4.78, 5) is 6.50. The van der Waals surface area contributed by atoms with Crippen molar-refractivity contribution >= 4 is 29.9 Å². The number of halogens is 1. The Morgan fingerprint density at radius 3 is 2.88 bits per heavy atom. The number of hydrogen-bond donors (Lipinski definition) is 1. The summed E-state index contributed by atoms with van der Waals surface area (Å²) in [5.74, 6) is 3.96. The van der Waals surface area contributed by atoms with Crippen molar-refractivity contribution in [1.29, 1.82) is 0 Å². The van der Waals surface area contributed by atoms with Crippen LogP contribution in [0.4, 0.5) is 0 Å². The molecule has 1 saturated heterocycles. The molecule has 0 radical (unpaired) electrons. The number of nitrogens with zero attached hydrogens (tertiary/aromatic N) is 2. The third-order valence-electron chi connectivity index (χ3n) is 2.85. The standard InChI is InChI=1S/C12H21N3.HI/c1-4-11(5-2)14-12(13)15-8-6-7-10(3)9-15;/h1,10-11H,5-9H2,2-3H3,(H2,13,14);1H. The van der Waals surface area contributed by atoms with Crippen molar-refractivity contribution in [3.05, 3.63) is 0 Å². The van der Waals surface area contributed by atoms with Crippen LogP contribution in [0.25, 0.3) is 0 Å². The summed E-state index contributed by atoms with van der Waals surface area (Å²) in [6.45, 7) is 6.30. The normalized spacial score (nSPS) is 23.2. The molecule has 1 aliphatic rings. The van der Waals surface area contributed by atoms with Gasteiger partial charge in [0.2, 0.25) is 0 Å². The van der Waals surface area contributed by atoms with Crippen molar-refractivity contribution in [2.45, 2.75) is 39.2 Å². The first kappa shape index (κ1) is 15.6. The van der Waals surface area contributed by atoms with E-state index < -0.39 is 0 Å². The lowest BCUT2D eigenvalue weighted by Gasteiger charge is -2.31. The molecule has 16 heavy (non-hydrogen) atoms. The molecule has 1 fully saturated rings. The fourth-order valence-corrected chi connectivity index (χ4v) is 1.89. The van der Waals surface area contributed by atoms with Gasteiger partial charge >= 0.3 is 0 Å². The Bertz CT molecular complexity index is 270. The molecule has 0 amide bonds. The van der Waals surface area contributed by atoms with Gasteiger partial charge in [-0.05, 0) is 25.2 Å². The van der Waals surface area contributed by atoms with Crippen LogP contribution in [0.2, 0.25) is 0 Å². The molecule has 0 aromatic heterocycles. The Balaban J connectivity index is 0.00000225. The van der Waals surface area contributed by atoms with Gasteiger partial charge in [0.05, 0.1) is 0 Å². The maximum absolute atomic E-state index is 5.94. The number of rotatable bonds is 2. The van der Waals surface area contributed by atoms with Crippen LogP contribution in [0.1, 0.15) is 33.1 Å². The second-order valence-electron chi connectivity index (χ2n) is 4.27. The fraction of sp³-hybridized carbons (Fsp3) is 0.750. The Morgan fingerprint density at radius 1 is 1.69 bits per heavy atom. The van der Waals surface area contributed by atoms with Crippen LogP contribution in [0.5, 0.6) is 0 Å². The first-order chi connectivity index (χ1) is 7.17. The predicted molar refractivity (Wildman–Crippen MR) is 79.9 cm³/mol. The van der Waals surface area contributed by atoms with E-state index in [1.165, 1.54) is 12.8 Å². The number of nitrogens with two attached hydrogens (primary N) is 1. The van der Waals surface area contributed by atoms with E-state index in [0.717, 1.165) is 19.5 Å². The van der Waals surface area contributed by atoms with Gasteiger partial charge in [0.25, 0.3) is 0 Å². The maximum Gasteiger partial charge on any atom is 0.192 e. The summed E-state index contributed by atoms with van der Waals surface area (Å²) in [5, 5.41) is 0. The summed E-state index contributed by atoms with van der Waals surface area (Å²) in [6, 6.07) is -0.0674. The van der Waals surface area contributed by atoms with Crippen LogP contribution in [0.15, 0.2) is 4.99 Å². The summed E-state index contributed by atoms with van der Waals surface area (Å²) in [7, 11) is 0. The van der Waals surface area contributed by atoms with Crippen LogP contribution in [0, 0.1) is 18.3 Å². The smallest absolute Gasteiger partial charge is 0.192 e. The first-order valence-corrected chi connectivity index (χ1v) is 5.71. The highest BCUT2D eigenvalue weighted by Crippen LogP contribution is 2.15. The lowest BCUT2D eigenvalue weighted by molar-refractivity contribution is 0.270. The van der Waals surface area contributed by atoms with Gasteiger partial charge < -0.3 is 10.6 Å². The highest BCUT2D eigenvalue weighted by Gasteiger charge is 2.18. The zero-order chi connectivity index (χ0) is 11.3. The van der Waals surface area contributed by atoms with Gasteiger partial charge in [-0.15, -0.1) is 30.4 Å². The second kappa shape index (κ2) is 7.77. The van der Waals surface area contributed by atoms with Gasteiger partial charge in [-0.1, -0.05) is 19.8 Å². The molecule has 0 saturated carbocycles. The van der Waals surface area contributed by atoms with Crippen molar-refractivity contribution in [3.63, 3.8) is 0 Å². The zero-order valence-electron chi connectivity index (χ0n) is 10.1. The van der Waals surface area contributed by atoms with Gasteiger partial charge in [-0.2, -0.15) is 0 Å². The monoisotopic (exact) mass is 335 g/mol. The van der Waals surface area contributed by atoms with Crippen LogP contribution in [-0.2, 0) is 0 Å². The van der Waals surface area contributed by atoms with E-state index in [9.17, 15) is 0 Å². The van der Waals surface area contributed by atoms with Crippen molar-refractivity contribution < 1.29 is 0 Å². The van der Waals surface area contributed by atoms with Crippen LogP contribution in [-0.4, -0.2) is 30.0 Å². The second-order valence-corrected chi connectivity index (χ2v) is 4.27. The molecule has 3 nitrogen and oxygen atoms in total. The van der Waals surface area contributed by atoms with Gasteiger partial charge in [0, 0.05) is 13.1 Å². The van der Waals surface area contributed by atoms with Crippen molar-refractivity contribution in [2.75, 3.05) is 13.1 Å². The third kappa shape index (κ3) is 4.60. The average Bonchev–Trinajstić information content (AvgIpc) is 2.25. The largest absolute Gasteiger partial charge is 0.370 e. The van der Waals surface area contributed by atoms with Crippen molar-refractivity contribution in [2.24, 2.45) is 16.6 Å². The Morgan fingerprint density at radius 2 is 2.38 bits per heavy atom. The molecular weight excluding hydrogens is 313 g/mol. The topological polar surface area (TPSA) is 41.6 Å². The van der Waals surface area contributed by atoms with Crippen molar-refractivity contribution in [3.8, 4) is 12.3 Å². The quantitative estimate of drug-likeness (QED) is 0.363. The molecule has 0 aliphatic carbocycles. The number of terminal acetylenes is 1. The minimum absolute atomic E-state index is 0. The molecule has 4 heteroatoms. The number of aliphatic imine (C=N–C) groups is 1. The van der Waals surface area contributed by atoms with E-state index in [1.54, 1.807) is 0 Å². The molecule has 2 N–H and O–H groups in total. The van der Waals surface area contributed by atoms with Crippen LogP contribution in [0.3, 0.4) is 0 Å².